The third-order valence-electron chi connectivity index (χ3n) is 3.74. The first-order chi connectivity index (χ1) is 10.1. The molecule has 0 saturated carbocycles. The standard InChI is InChI=1S/C15H19N5O.ClH/c1-11-4-3-5-13(8-11)20-10-14(17-18-20)15(21)19-7-6-16-9-12(19)2;/h3-5,8,10,12,16H,6-7,9H2,1-2H3;1H/t12-;/m1./s1. The lowest BCUT2D eigenvalue weighted by molar-refractivity contribution is 0.0649. The third-order valence-corrected chi connectivity index (χ3v) is 3.74. The third kappa shape index (κ3) is 3.28. The van der Waals surface area contributed by atoms with E-state index < -0.39 is 0 Å². The largest absolute Gasteiger partial charge is 0.332 e. The number of nitrogens with zero attached hydrogens (tertiary/aromatic N) is 4. The fourth-order valence-corrected chi connectivity index (χ4v) is 2.55. The molecule has 1 N–H and O–H groups in total. The molecule has 118 valence electrons. The minimum atomic E-state index is -0.0529. The monoisotopic (exact) mass is 321 g/mol. The Morgan fingerprint density at radius 2 is 2.23 bits per heavy atom. The normalized spacial score (nSPS) is 17.9. The fraction of sp³-hybridized carbons (Fsp3) is 0.400. The zero-order valence-corrected chi connectivity index (χ0v) is 13.5. The molecule has 6 nitrogen and oxygen atoms in total. The molecule has 1 aliphatic rings. The zero-order valence-electron chi connectivity index (χ0n) is 12.7. The van der Waals surface area contributed by atoms with E-state index >= 15 is 0 Å². The summed E-state index contributed by atoms with van der Waals surface area (Å²) in [5.74, 6) is -0.0529. The Kier molecular flexibility index (Phi) is 5.15. The summed E-state index contributed by atoms with van der Waals surface area (Å²) in [6, 6.07) is 8.12. The minimum absolute atomic E-state index is 0. The maximum Gasteiger partial charge on any atom is 0.276 e. The number of nitrogens with one attached hydrogen (secondary N) is 1. The molecule has 3 rings (SSSR count). The predicted molar refractivity (Wildman–Crippen MR) is 86.7 cm³/mol. The van der Waals surface area contributed by atoms with Gasteiger partial charge >= 0.3 is 0 Å². The van der Waals surface area contributed by atoms with Crippen molar-refractivity contribution in [2.24, 2.45) is 0 Å². The van der Waals surface area contributed by atoms with Gasteiger partial charge in [-0.3, -0.25) is 4.79 Å². The molecule has 0 bridgehead atoms. The Hall–Kier alpha value is -1.92. The molecule has 2 aromatic rings. The van der Waals surface area contributed by atoms with Crippen LogP contribution < -0.4 is 5.32 Å². The molecule has 1 fully saturated rings. The average Bonchev–Trinajstić information content (AvgIpc) is 2.97. The lowest BCUT2D eigenvalue weighted by Crippen LogP contribution is -2.52. The number of rotatable bonds is 2. The lowest BCUT2D eigenvalue weighted by Gasteiger charge is -2.33. The van der Waals surface area contributed by atoms with Crippen molar-refractivity contribution in [2.75, 3.05) is 19.6 Å². The van der Waals surface area contributed by atoms with Crippen molar-refractivity contribution in [3.63, 3.8) is 0 Å². The molecule has 0 unspecified atom stereocenters. The number of hydrogen-bond acceptors (Lipinski definition) is 4. The van der Waals surface area contributed by atoms with Crippen LogP contribution in [0, 0.1) is 6.92 Å². The molecule has 1 aromatic heterocycles. The SMILES string of the molecule is Cc1cccc(-n2cc(C(=O)N3CCNC[C@H]3C)nn2)c1.Cl. The Balaban J connectivity index is 0.00000176. The van der Waals surface area contributed by atoms with Gasteiger partial charge in [0.2, 0.25) is 0 Å². The summed E-state index contributed by atoms with van der Waals surface area (Å²) >= 11 is 0. The summed E-state index contributed by atoms with van der Waals surface area (Å²) in [7, 11) is 0. The average molecular weight is 322 g/mol. The van der Waals surface area contributed by atoms with Crippen LogP contribution in [0.1, 0.15) is 23.0 Å². The van der Waals surface area contributed by atoms with E-state index in [1.54, 1.807) is 10.9 Å². The number of halogens is 1. The van der Waals surface area contributed by atoms with E-state index in [0.29, 0.717) is 12.2 Å². The van der Waals surface area contributed by atoms with Gasteiger partial charge in [0.15, 0.2) is 5.69 Å². The second kappa shape index (κ2) is 6.89. The van der Waals surface area contributed by atoms with Crippen molar-refractivity contribution in [1.29, 1.82) is 0 Å². The summed E-state index contributed by atoms with van der Waals surface area (Å²) < 4.78 is 1.65. The van der Waals surface area contributed by atoms with Crippen molar-refractivity contribution in [1.82, 2.24) is 25.2 Å². The van der Waals surface area contributed by atoms with Crippen LogP contribution in [0.15, 0.2) is 30.5 Å². The van der Waals surface area contributed by atoms with Gasteiger partial charge in [0.25, 0.3) is 5.91 Å². The summed E-state index contributed by atoms with van der Waals surface area (Å²) in [5.41, 5.74) is 2.45. The highest BCUT2D eigenvalue weighted by Gasteiger charge is 2.26. The Morgan fingerprint density at radius 1 is 1.41 bits per heavy atom. The highest BCUT2D eigenvalue weighted by atomic mass is 35.5. The highest BCUT2D eigenvalue weighted by Crippen LogP contribution is 2.12. The maximum absolute atomic E-state index is 12.5. The molecule has 2 heterocycles. The second-order valence-electron chi connectivity index (χ2n) is 5.44. The van der Waals surface area contributed by atoms with Gasteiger partial charge in [0, 0.05) is 25.7 Å². The van der Waals surface area contributed by atoms with E-state index in [1.165, 1.54) is 0 Å². The Bertz CT molecular complexity index is 657. The van der Waals surface area contributed by atoms with Crippen LogP contribution in [0.3, 0.4) is 0 Å². The summed E-state index contributed by atoms with van der Waals surface area (Å²) in [5, 5.41) is 11.4. The summed E-state index contributed by atoms with van der Waals surface area (Å²) in [6.45, 7) is 6.40. The van der Waals surface area contributed by atoms with Gasteiger partial charge in [-0.25, -0.2) is 4.68 Å². The predicted octanol–water partition coefficient (Wildman–Crippen LogP) is 1.43. The molecule has 1 atom stereocenters. The summed E-state index contributed by atoms with van der Waals surface area (Å²) in [4.78, 5) is 14.4. The van der Waals surface area contributed by atoms with Crippen molar-refractivity contribution < 1.29 is 4.79 Å². The number of hydrogen-bond donors (Lipinski definition) is 1. The highest BCUT2D eigenvalue weighted by molar-refractivity contribution is 5.92. The molecular weight excluding hydrogens is 302 g/mol. The minimum Gasteiger partial charge on any atom is -0.332 e. The quantitative estimate of drug-likeness (QED) is 0.909. The number of carbonyl (C=O) groups is 1. The van der Waals surface area contributed by atoms with Crippen LogP contribution in [0.2, 0.25) is 0 Å². The topological polar surface area (TPSA) is 63.1 Å². The molecule has 7 heteroatoms. The smallest absolute Gasteiger partial charge is 0.276 e. The van der Waals surface area contributed by atoms with Gasteiger partial charge in [-0.1, -0.05) is 17.3 Å². The van der Waals surface area contributed by atoms with Gasteiger partial charge < -0.3 is 10.2 Å². The number of aromatic nitrogens is 3. The van der Waals surface area contributed by atoms with Crippen LogP contribution >= 0.6 is 12.4 Å². The van der Waals surface area contributed by atoms with Gasteiger partial charge in [0.1, 0.15) is 0 Å². The number of benzene rings is 1. The lowest BCUT2D eigenvalue weighted by atomic mass is 10.2. The van der Waals surface area contributed by atoms with Crippen molar-refractivity contribution in [3.05, 3.63) is 41.7 Å². The van der Waals surface area contributed by atoms with E-state index in [4.69, 9.17) is 0 Å². The van der Waals surface area contributed by atoms with Crippen LogP contribution in [0.4, 0.5) is 0 Å². The maximum atomic E-state index is 12.5. The van der Waals surface area contributed by atoms with Gasteiger partial charge in [-0.15, -0.1) is 17.5 Å². The van der Waals surface area contributed by atoms with Gasteiger partial charge in [-0.2, -0.15) is 0 Å². The van der Waals surface area contributed by atoms with Crippen molar-refractivity contribution in [2.45, 2.75) is 19.9 Å². The molecule has 0 spiro atoms. The fourth-order valence-electron chi connectivity index (χ4n) is 2.55. The number of piperazine rings is 1. The Labute approximate surface area is 135 Å². The van der Waals surface area contributed by atoms with Gasteiger partial charge in [-0.05, 0) is 31.5 Å². The first kappa shape index (κ1) is 16.5. The van der Waals surface area contributed by atoms with Crippen molar-refractivity contribution in [3.8, 4) is 5.69 Å². The zero-order chi connectivity index (χ0) is 14.8. The second-order valence-corrected chi connectivity index (χ2v) is 5.44. The molecule has 22 heavy (non-hydrogen) atoms. The number of aryl methyl sites for hydroxylation is 1. The van der Waals surface area contributed by atoms with Crippen LogP contribution in [-0.2, 0) is 0 Å². The molecule has 0 radical (unpaired) electrons. The number of amides is 1. The summed E-state index contributed by atoms with van der Waals surface area (Å²) in [6.07, 6.45) is 1.70. The first-order valence-electron chi connectivity index (χ1n) is 7.16. The van der Waals surface area contributed by atoms with E-state index in [9.17, 15) is 4.79 Å². The first-order valence-corrected chi connectivity index (χ1v) is 7.16. The molecule has 1 aromatic carbocycles. The van der Waals surface area contributed by atoms with Crippen LogP contribution in [0.5, 0.6) is 0 Å². The van der Waals surface area contributed by atoms with Crippen molar-refractivity contribution >= 4 is 18.3 Å². The molecule has 1 amide bonds. The van der Waals surface area contributed by atoms with E-state index in [-0.39, 0.29) is 24.4 Å². The van der Waals surface area contributed by atoms with E-state index in [2.05, 4.69) is 15.6 Å². The van der Waals surface area contributed by atoms with Crippen LogP contribution in [-0.4, -0.2) is 51.5 Å². The van der Waals surface area contributed by atoms with E-state index in [0.717, 1.165) is 24.3 Å². The van der Waals surface area contributed by atoms with Gasteiger partial charge in [0.05, 0.1) is 11.9 Å². The van der Waals surface area contributed by atoms with Crippen LogP contribution in [0.25, 0.3) is 5.69 Å². The van der Waals surface area contributed by atoms with E-state index in [1.807, 2.05) is 43.0 Å². The molecule has 1 saturated heterocycles. The molecule has 0 aliphatic carbocycles. The Morgan fingerprint density at radius 3 is 2.95 bits per heavy atom. The molecule has 1 aliphatic heterocycles. The molecular formula is C15H20ClN5O. The number of carbonyl (C=O) groups excluding carboxylic acids is 1.